The number of nitrogens with two attached hydrogens (primary N) is 1. The van der Waals surface area contributed by atoms with Gasteiger partial charge in [-0.25, -0.2) is 13.6 Å². The quantitative estimate of drug-likeness (QED) is 0.901. The van der Waals surface area contributed by atoms with Crippen LogP contribution in [0.3, 0.4) is 0 Å². The van der Waals surface area contributed by atoms with Crippen LogP contribution in [0.25, 0.3) is 0 Å². The van der Waals surface area contributed by atoms with Crippen LogP contribution in [-0.4, -0.2) is 32.3 Å². The summed E-state index contributed by atoms with van der Waals surface area (Å²) in [5, 5.41) is 5.07. The van der Waals surface area contributed by atoms with Gasteiger partial charge in [0.05, 0.1) is 5.02 Å². The van der Waals surface area contributed by atoms with Gasteiger partial charge in [0.25, 0.3) is 5.91 Å². The summed E-state index contributed by atoms with van der Waals surface area (Å²) in [5.74, 6) is -0.231. The van der Waals surface area contributed by atoms with Gasteiger partial charge in [0.1, 0.15) is 4.90 Å². The van der Waals surface area contributed by atoms with E-state index in [-0.39, 0.29) is 21.4 Å². The fourth-order valence-corrected chi connectivity index (χ4v) is 2.78. The van der Waals surface area contributed by atoms with Gasteiger partial charge in [-0.2, -0.15) is 0 Å². The molecular formula is C12H17ClN2O3S. The number of sulfonamides is 1. The average molecular weight is 305 g/mol. The third-order valence-electron chi connectivity index (χ3n) is 2.65. The topological polar surface area (TPSA) is 80.5 Å². The Labute approximate surface area is 118 Å². The zero-order valence-corrected chi connectivity index (χ0v) is 12.5. The Bertz CT molecular complexity index is 572. The second-order valence-corrected chi connectivity index (χ2v) is 6.01. The summed E-state index contributed by atoms with van der Waals surface area (Å²) in [7, 11) is -3.94. The highest BCUT2D eigenvalue weighted by molar-refractivity contribution is 7.89. The first kappa shape index (κ1) is 15.9. The lowest BCUT2D eigenvalue weighted by Gasteiger charge is -2.20. The van der Waals surface area contributed by atoms with Crippen molar-refractivity contribution in [3.63, 3.8) is 0 Å². The molecule has 0 atom stereocenters. The molecule has 0 aliphatic heterocycles. The summed E-state index contributed by atoms with van der Waals surface area (Å²) in [6.45, 7) is 5.00. The summed E-state index contributed by atoms with van der Waals surface area (Å²) in [4.78, 5) is 13.6. The maximum absolute atomic E-state index is 12.2. The van der Waals surface area contributed by atoms with Crippen molar-refractivity contribution in [2.45, 2.75) is 25.2 Å². The molecule has 5 nitrogen and oxygen atoms in total. The first-order valence-corrected chi connectivity index (χ1v) is 7.85. The molecule has 0 spiro atoms. The van der Waals surface area contributed by atoms with Crippen LogP contribution >= 0.6 is 11.6 Å². The molecule has 0 bridgehead atoms. The molecule has 0 fully saturated rings. The Morgan fingerprint density at radius 3 is 2.47 bits per heavy atom. The predicted molar refractivity (Wildman–Crippen MR) is 74.7 cm³/mol. The van der Waals surface area contributed by atoms with Crippen molar-refractivity contribution in [2.24, 2.45) is 5.14 Å². The van der Waals surface area contributed by atoms with Gasteiger partial charge in [0.2, 0.25) is 10.0 Å². The number of carbonyl (C=O) groups excluding carboxylic acids is 1. The third-order valence-corrected chi connectivity index (χ3v) is 4.04. The molecule has 1 rings (SSSR count). The van der Waals surface area contributed by atoms with E-state index in [4.69, 9.17) is 16.7 Å². The third kappa shape index (κ3) is 3.92. The maximum atomic E-state index is 12.2. The largest absolute Gasteiger partial charge is 0.339 e. The maximum Gasteiger partial charge on any atom is 0.253 e. The predicted octanol–water partition coefficient (Wildman–Crippen LogP) is 1.86. The highest BCUT2D eigenvalue weighted by Crippen LogP contribution is 2.22. The molecule has 106 valence electrons. The van der Waals surface area contributed by atoms with Crippen molar-refractivity contribution in [3.05, 3.63) is 28.8 Å². The van der Waals surface area contributed by atoms with Gasteiger partial charge in [0, 0.05) is 18.7 Å². The fourth-order valence-electron chi connectivity index (χ4n) is 1.71. The zero-order chi connectivity index (χ0) is 14.6. The van der Waals surface area contributed by atoms with E-state index in [2.05, 4.69) is 0 Å². The van der Waals surface area contributed by atoms with Gasteiger partial charge >= 0.3 is 0 Å². The molecule has 2 N–H and O–H groups in total. The van der Waals surface area contributed by atoms with Gasteiger partial charge < -0.3 is 4.90 Å². The SMILES string of the molecule is CCCN(CC)C(=O)c1ccc(Cl)c(S(N)(=O)=O)c1. The van der Waals surface area contributed by atoms with Crippen LogP contribution < -0.4 is 5.14 Å². The molecule has 19 heavy (non-hydrogen) atoms. The molecule has 1 aromatic carbocycles. The molecule has 0 unspecified atom stereocenters. The van der Waals surface area contributed by atoms with Crippen LogP contribution in [0.4, 0.5) is 0 Å². The molecule has 1 amide bonds. The van der Waals surface area contributed by atoms with Gasteiger partial charge in [-0.3, -0.25) is 4.79 Å². The Kier molecular flexibility index (Phi) is 5.34. The number of rotatable bonds is 5. The van der Waals surface area contributed by atoms with Gasteiger partial charge in [0.15, 0.2) is 0 Å². The van der Waals surface area contributed by atoms with Gasteiger partial charge in [-0.05, 0) is 31.5 Å². The van der Waals surface area contributed by atoms with E-state index in [9.17, 15) is 13.2 Å². The van der Waals surface area contributed by atoms with Crippen molar-refractivity contribution in [1.82, 2.24) is 4.90 Å². The second-order valence-electron chi connectivity index (χ2n) is 4.08. The minimum atomic E-state index is -3.94. The van der Waals surface area contributed by atoms with E-state index in [1.54, 1.807) is 4.90 Å². The molecule has 0 saturated heterocycles. The van der Waals surface area contributed by atoms with Crippen LogP contribution in [-0.2, 0) is 10.0 Å². The molecule has 0 aliphatic carbocycles. The van der Waals surface area contributed by atoms with E-state index in [0.717, 1.165) is 6.42 Å². The number of primary sulfonamides is 1. The minimum Gasteiger partial charge on any atom is -0.339 e. The number of carbonyl (C=O) groups is 1. The number of hydrogen-bond acceptors (Lipinski definition) is 3. The summed E-state index contributed by atoms with van der Waals surface area (Å²) in [6.07, 6.45) is 0.829. The van der Waals surface area contributed by atoms with E-state index >= 15 is 0 Å². The summed E-state index contributed by atoms with van der Waals surface area (Å²) < 4.78 is 22.7. The number of nitrogens with zero attached hydrogens (tertiary/aromatic N) is 1. The Morgan fingerprint density at radius 2 is 2.00 bits per heavy atom. The Morgan fingerprint density at radius 1 is 1.37 bits per heavy atom. The minimum absolute atomic E-state index is 0.0117. The Balaban J connectivity index is 3.19. The molecular weight excluding hydrogens is 288 g/mol. The number of hydrogen-bond donors (Lipinski definition) is 1. The van der Waals surface area contributed by atoms with Crippen LogP contribution in [0.15, 0.2) is 23.1 Å². The van der Waals surface area contributed by atoms with E-state index in [0.29, 0.717) is 13.1 Å². The van der Waals surface area contributed by atoms with Crippen molar-refractivity contribution in [2.75, 3.05) is 13.1 Å². The highest BCUT2D eigenvalue weighted by Gasteiger charge is 2.19. The van der Waals surface area contributed by atoms with Crippen LogP contribution in [0.1, 0.15) is 30.6 Å². The molecule has 7 heteroatoms. The normalized spacial score (nSPS) is 11.4. The average Bonchev–Trinajstić information content (AvgIpc) is 2.34. The standard InChI is InChI=1S/C12H17ClN2O3S/c1-3-7-15(4-2)12(16)9-5-6-10(13)11(8-9)19(14,17)18/h5-6,8H,3-4,7H2,1-2H3,(H2,14,17,18). The number of amides is 1. The van der Waals surface area contributed by atoms with E-state index in [1.807, 2.05) is 13.8 Å². The molecule has 1 aromatic rings. The molecule has 0 radical (unpaired) electrons. The lowest BCUT2D eigenvalue weighted by atomic mass is 10.2. The van der Waals surface area contributed by atoms with Gasteiger partial charge in [-0.1, -0.05) is 18.5 Å². The molecule has 0 aromatic heterocycles. The second kappa shape index (κ2) is 6.36. The Hall–Kier alpha value is -1.11. The fraction of sp³-hybridized carbons (Fsp3) is 0.417. The number of halogens is 1. The molecule has 0 saturated carbocycles. The van der Waals surface area contributed by atoms with E-state index in [1.165, 1.54) is 18.2 Å². The summed E-state index contributed by atoms with van der Waals surface area (Å²) in [6, 6.07) is 4.09. The molecule has 0 heterocycles. The summed E-state index contributed by atoms with van der Waals surface area (Å²) >= 11 is 5.78. The van der Waals surface area contributed by atoms with Crippen LogP contribution in [0, 0.1) is 0 Å². The highest BCUT2D eigenvalue weighted by atomic mass is 35.5. The first-order valence-electron chi connectivity index (χ1n) is 5.92. The van der Waals surface area contributed by atoms with E-state index < -0.39 is 10.0 Å². The van der Waals surface area contributed by atoms with Crippen molar-refractivity contribution in [1.29, 1.82) is 0 Å². The zero-order valence-electron chi connectivity index (χ0n) is 10.9. The van der Waals surface area contributed by atoms with Crippen molar-refractivity contribution >= 4 is 27.5 Å². The van der Waals surface area contributed by atoms with Crippen LogP contribution in [0.5, 0.6) is 0 Å². The monoisotopic (exact) mass is 304 g/mol. The van der Waals surface area contributed by atoms with Gasteiger partial charge in [-0.15, -0.1) is 0 Å². The summed E-state index contributed by atoms with van der Waals surface area (Å²) in [5.41, 5.74) is 0.267. The molecule has 0 aliphatic rings. The van der Waals surface area contributed by atoms with Crippen LogP contribution in [0.2, 0.25) is 5.02 Å². The lowest BCUT2D eigenvalue weighted by Crippen LogP contribution is -2.31. The van der Waals surface area contributed by atoms with Crippen molar-refractivity contribution < 1.29 is 13.2 Å². The number of benzene rings is 1. The smallest absolute Gasteiger partial charge is 0.253 e. The van der Waals surface area contributed by atoms with Crippen molar-refractivity contribution in [3.8, 4) is 0 Å². The first-order chi connectivity index (χ1) is 8.81. The lowest BCUT2D eigenvalue weighted by molar-refractivity contribution is 0.0764.